The van der Waals surface area contributed by atoms with E-state index in [1.807, 2.05) is 6.92 Å². The quantitative estimate of drug-likeness (QED) is 0.940. The molecule has 5 nitrogen and oxygen atoms in total. The van der Waals surface area contributed by atoms with Gasteiger partial charge in [0, 0.05) is 12.2 Å². The number of hydrogen-bond donors (Lipinski definition) is 1. The third kappa shape index (κ3) is 2.60. The number of likely N-dealkylation sites (N-methyl/N-ethyl adjacent to an activating group) is 1. The van der Waals surface area contributed by atoms with Crippen molar-refractivity contribution in [2.75, 3.05) is 19.8 Å². The Labute approximate surface area is 119 Å². The average molecular weight is 300 g/mol. The number of aromatic nitrogens is 3. The number of hydrogen-bond acceptors (Lipinski definition) is 4. The number of fused-ring (bicyclic) bond motifs is 1. The van der Waals surface area contributed by atoms with Crippen molar-refractivity contribution in [2.45, 2.75) is 25.1 Å². The molecule has 0 radical (unpaired) electrons. The van der Waals surface area contributed by atoms with Crippen molar-refractivity contribution in [2.24, 2.45) is 0 Å². The lowest BCUT2D eigenvalue weighted by atomic mass is 10.0. The van der Waals surface area contributed by atoms with Gasteiger partial charge in [-0.2, -0.15) is 13.2 Å². The maximum absolute atomic E-state index is 12.8. The summed E-state index contributed by atoms with van der Waals surface area (Å²) < 4.78 is 45.3. The second-order valence-corrected chi connectivity index (χ2v) is 5.01. The molecule has 114 valence electrons. The molecule has 0 spiro atoms. The van der Waals surface area contributed by atoms with Crippen LogP contribution < -0.4 is 5.32 Å². The SMILES string of the molecule is CCNC1COCC1c1nnc2ccc(C(F)(F)F)cn12. The highest BCUT2D eigenvalue weighted by atomic mass is 19.4. The van der Waals surface area contributed by atoms with Gasteiger partial charge in [-0.3, -0.25) is 4.40 Å². The fourth-order valence-corrected chi connectivity index (χ4v) is 2.60. The Morgan fingerprint density at radius 1 is 1.33 bits per heavy atom. The van der Waals surface area contributed by atoms with Crippen molar-refractivity contribution in [1.82, 2.24) is 19.9 Å². The molecule has 1 aliphatic rings. The number of ether oxygens (including phenoxy) is 1. The molecule has 0 bridgehead atoms. The van der Waals surface area contributed by atoms with Gasteiger partial charge in [-0.05, 0) is 18.7 Å². The van der Waals surface area contributed by atoms with E-state index < -0.39 is 11.7 Å². The Morgan fingerprint density at radius 2 is 2.14 bits per heavy atom. The molecule has 3 heterocycles. The van der Waals surface area contributed by atoms with Gasteiger partial charge in [0.2, 0.25) is 0 Å². The van der Waals surface area contributed by atoms with Gasteiger partial charge in [0.25, 0.3) is 0 Å². The summed E-state index contributed by atoms with van der Waals surface area (Å²) in [6.45, 7) is 3.68. The molecular formula is C13H15F3N4O. The molecule has 0 amide bonds. The number of halogens is 3. The molecule has 0 saturated carbocycles. The van der Waals surface area contributed by atoms with E-state index in [0.29, 0.717) is 24.7 Å². The zero-order chi connectivity index (χ0) is 15.0. The fourth-order valence-electron chi connectivity index (χ4n) is 2.60. The second kappa shape index (κ2) is 5.27. The van der Waals surface area contributed by atoms with Gasteiger partial charge in [0.15, 0.2) is 5.65 Å². The molecule has 1 saturated heterocycles. The normalized spacial score (nSPS) is 23.0. The summed E-state index contributed by atoms with van der Waals surface area (Å²) in [5.74, 6) is 0.392. The number of nitrogens with one attached hydrogen (secondary N) is 1. The minimum atomic E-state index is -4.39. The zero-order valence-corrected chi connectivity index (χ0v) is 11.4. The summed E-state index contributed by atoms with van der Waals surface area (Å²) >= 11 is 0. The summed E-state index contributed by atoms with van der Waals surface area (Å²) in [5, 5.41) is 11.3. The highest BCUT2D eigenvalue weighted by Crippen LogP contribution is 2.31. The second-order valence-electron chi connectivity index (χ2n) is 5.01. The van der Waals surface area contributed by atoms with Gasteiger partial charge >= 0.3 is 6.18 Å². The van der Waals surface area contributed by atoms with Crippen molar-refractivity contribution < 1.29 is 17.9 Å². The molecule has 2 aromatic rings. The molecule has 0 aliphatic carbocycles. The van der Waals surface area contributed by atoms with Crippen molar-refractivity contribution in [3.05, 3.63) is 29.7 Å². The highest BCUT2D eigenvalue weighted by molar-refractivity contribution is 5.41. The molecule has 2 unspecified atom stereocenters. The van der Waals surface area contributed by atoms with Crippen LogP contribution in [0, 0.1) is 0 Å². The third-order valence-electron chi connectivity index (χ3n) is 3.63. The maximum Gasteiger partial charge on any atom is 0.417 e. The van der Waals surface area contributed by atoms with Crippen LogP contribution in [0.2, 0.25) is 0 Å². The van der Waals surface area contributed by atoms with Crippen molar-refractivity contribution >= 4 is 5.65 Å². The van der Waals surface area contributed by atoms with Gasteiger partial charge in [-0.25, -0.2) is 0 Å². The number of rotatable bonds is 3. The van der Waals surface area contributed by atoms with E-state index in [2.05, 4.69) is 15.5 Å². The Kier molecular flexibility index (Phi) is 3.58. The van der Waals surface area contributed by atoms with E-state index in [4.69, 9.17) is 4.74 Å². The van der Waals surface area contributed by atoms with Gasteiger partial charge in [0.1, 0.15) is 5.82 Å². The van der Waals surface area contributed by atoms with E-state index in [1.165, 1.54) is 10.5 Å². The van der Waals surface area contributed by atoms with E-state index >= 15 is 0 Å². The average Bonchev–Trinajstić information content (AvgIpc) is 3.03. The number of nitrogens with zero attached hydrogens (tertiary/aromatic N) is 3. The molecule has 2 atom stereocenters. The van der Waals surface area contributed by atoms with Gasteiger partial charge in [-0.1, -0.05) is 6.92 Å². The van der Waals surface area contributed by atoms with Crippen LogP contribution in [0.15, 0.2) is 18.3 Å². The van der Waals surface area contributed by atoms with Crippen LogP contribution in [0.3, 0.4) is 0 Å². The summed E-state index contributed by atoms with van der Waals surface area (Å²) in [6.07, 6.45) is -3.34. The Hall–Kier alpha value is -1.67. The fraction of sp³-hybridized carbons (Fsp3) is 0.538. The minimum absolute atomic E-state index is 0.0388. The van der Waals surface area contributed by atoms with Crippen molar-refractivity contribution in [3.63, 3.8) is 0 Å². The summed E-state index contributed by atoms with van der Waals surface area (Å²) in [5.41, 5.74) is -0.310. The molecule has 8 heteroatoms. The van der Waals surface area contributed by atoms with E-state index in [-0.39, 0.29) is 12.0 Å². The predicted octanol–water partition coefficient (Wildman–Crippen LogP) is 1.84. The smallest absolute Gasteiger partial charge is 0.379 e. The Morgan fingerprint density at radius 3 is 2.86 bits per heavy atom. The van der Waals surface area contributed by atoms with Crippen LogP contribution in [0.1, 0.15) is 24.2 Å². The summed E-state index contributed by atoms with van der Waals surface area (Å²) in [6, 6.07) is 2.38. The highest BCUT2D eigenvalue weighted by Gasteiger charge is 2.34. The molecule has 0 aromatic carbocycles. The van der Waals surface area contributed by atoms with E-state index in [1.54, 1.807) is 0 Å². The number of alkyl halides is 3. The first kappa shape index (κ1) is 14.3. The van der Waals surface area contributed by atoms with Crippen LogP contribution >= 0.6 is 0 Å². The number of pyridine rings is 1. The van der Waals surface area contributed by atoms with Crippen LogP contribution in [0.5, 0.6) is 0 Å². The molecule has 1 fully saturated rings. The van der Waals surface area contributed by atoms with E-state index in [0.717, 1.165) is 18.8 Å². The minimum Gasteiger partial charge on any atom is -0.379 e. The van der Waals surface area contributed by atoms with Crippen molar-refractivity contribution in [3.8, 4) is 0 Å². The lowest BCUT2D eigenvalue weighted by Crippen LogP contribution is -2.34. The van der Waals surface area contributed by atoms with Gasteiger partial charge in [-0.15, -0.1) is 10.2 Å². The molecule has 3 rings (SSSR count). The lowest BCUT2D eigenvalue weighted by Gasteiger charge is -2.17. The van der Waals surface area contributed by atoms with Gasteiger partial charge < -0.3 is 10.1 Å². The Bertz CT molecular complexity index is 640. The summed E-state index contributed by atoms with van der Waals surface area (Å²) in [4.78, 5) is 0. The molecule has 1 N–H and O–H groups in total. The van der Waals surface area contributed by atoms with Crippen LogP contribution in [0.25, 0.3) is 5.65 Å². The first-order chi connectivity index (χ1) is 10.0. The first-order valence-corrected chi connectivity index (χ1v) is 6.73. The molecule has 2 aromatic heterocycles. The van der Waals surface area contributed by atoms with Gasteiger partial charge in [0.05, 0.1) is 24.7 Å². The molecular weight excluding hydrogens is 285 g/mol. The summed E-state index contributed by atoms with van der Waals surface area (Å²) in [7, 11) is 0. The monoisotopic (exact) mass is 300 g/mol. The largest absolute Gasteiger partial charge is 0.417 e. The predicted molar refractivity (Wildman–Crippen MR) is 69.0 cm³/mol. The first-order valence-electron chi connectivity index (χ1n) is 6.73. The topological polar surface area (TPSA) is 51.5 Å². The molecule has 1 aliphatic heterocycles. The zero-order valence-electron chi connectivity index (χ0n) is 11.4. The van der Waals surface area contributed by atoms with Crippen LogP contribution in [-0.2, 0) is 10.9 Å². The van der Waals surface area contributed by atoms with Crippen LogP contribution in [-0.4, -0.2) is 40.4 Å². The van der Waals surface area contributed by atoms with E-state index in [9.17, 15) is 13.2 Å². The third-order valence-corrected chi connectivity index (χ3v) is 3.63. The Balaban J connectivity index is 2.02. The van der Waals surface area contributed by atoms with Crippen LogP contribution in [0.4, 0.5) is 13.2 Å². The standard InChI is InChI=1S/C13H15F3N4O/c1-2-17-10-7-21-6-9(10)12-19-18-11-4-3-8(5-20(11)12)13(14,15)16/h3-5,9-10,17H,2,6-7H2,1H3. The maximum atomic E-state index is 12.8. The lowest BCUT2D eigenvalue weighted by molar-refractivity contribution is -0.137. The molecule has 21 heavy (non-hydrogen) atoms. The van der Waals surface area contributed by atoms with Crippen molar-refractivity contribution in [1.29, 1.82) is 0 Å².